The third kappa shape index (κ3) is 4.29. The van der Waals surface area contributed by atoms with Gasteiger partial charge in [-0.3, -0.25) is 4.79 Å². The Bertz CT molecular complexity index is 352. The van der Waals surface area contributed by atoms with E-state index in [-0.39, 0.29) is 18.3 Å². The highest BCUT2D eigenvalue weighted by molar-refractivity contribution is 5.66. The first-order valence-electron chi connectivity index (χ1n) is 5.22. The van der Waals surface area contributed by atoms with Crippen LogP contribution in [0.1, 0.15) is 26.2 Å². The van der Waals surface area contributed by atoms with E-state index in [1.165, 1.54) is 6.07 Å². The van der Waals surface area contributed by atoms with E-state index in [0.717, 1.165) is 0 Å². The van der Waals surface area contributed by atoms with E-state index in [0.29, 0.717) is 12.8 Å². The summed E-state index contributed by atoms with van der Waals surface area (Å²) in [6.45, 7) is 1.80. The number of halogens is 1. The lowest BCUT2D eigenvalue weighted by atomic mass is 10.2. The number of benzene rings is 1. The van der Waals surface area contributed by atoms with Gasteiger partial charge in [0.15, 0.2) is 11.6 Å². The second-order valence-corrected chi connectivity index (χ2v) is 3.64. The van der Waals surface area contributed by atoms with Gasteiger partial charge >= 0.3 is 5.97 Å². The fourth-order valence-electron chi connectivity index (χ4n) is 1.36. The van der Waals surface area contributed by atoms with Crippen LogP contribution in [0.5, 0.6) is 5.75 Å². The second kappa shape index (κ2) is 6.10. The maximum atomic E-state index is 13.2. The summed E-state index contributed by atoms with van der Waals surface area (Å²) in [5, 5.41) is 8.46. The van der Waals surface area contributed by atoms with Crippen LogP contribution < -0.4 is 4.74 Å². The molecule has 0 radical (unpaired) electrons. The van der Waals surface area contributed by atoms with E-state index in [9.17, 15) is 9.18 Å². The van der Waals surface area contributed by atoms with Crippen molar-refractivity contribution in [3.05, 3.63) is 30.1 Å². The molecular formula is C12H15FO3. The zero-order valence-corrected chi connectivity index (χ0v) is 9.15. The van der Waals surface area contributed by atoms with Crippen LogP contribution in [0.3, 0.4) is 0 Å². The summed E-state index contributed by atoms with van der Waals surface area (Å²) in [5.41, 5.74) is 0. The number of para-hydroxylation sites is 1. The molecule has 1 unspecified atom stereocenters. The number of hydrogen-bond acceptors (Lipinski definition) is 2. The highest BCUT2D eigenvalue weighted by Crippen LogP contribution is 2.18. The summed E-state index contributed by atoms with van der Waals surface area (Å²) in [4.78, 5) is 10.3. The molecule has 0 aliphatic rings. The third-order valence-corrected chi connectivity index (χ3v) is 2.17. The molecule has 0 fully saturated rings. The smallest absolute Gasteiger partial charge is 0.303 e. The molecule has 3 nitrogen and oxygen atoms in total. The SMILES string of the molecule is CC(CCCC(=O)O)Oc1ccccc1F. The molecule has 0 heterocycles. The molecular weight excluding hydrogens is 211 g/mol. The summed E-state index contributed by atoms with van der Waals surface area (Å²) < 4.78 is 18.5. The molecule has 0 saturated heterocycles. The van der Waals surface area contributed by atoms with E-state index in [4.69, 9.17) is 9.84 Å². The molecule has 0 spiro atoms. The molecule has 0 bridgehead atoms. The topological polar surface area (TPSA) is 46.5 Å². The Morgan fingerprint density at radius 2 is 2.19 bits per heavy atom. The molecule has 0 aliphatic heterocycles. The minimum Gasteiger partial charge on any atom is -0.488 e. The van der Waals surface area contributed by atoms with Crippen molar-refractivity contribution >= 4 is 5.97 Å². The van der Waals surface area contributed by atoms with Gasteiger partial charge in [-0.15, -0.1) is 0 Å². The molecule has 1 N–H and O–H groups in total. The fraction of sp³-hybridized carbons (Fsp3) is 0.417. The standard InChI is InChI=1S/C12H15FO3/c1-9(5-4-8-12(14)15)16-11-7-3-2-6-10(11)13/h2-3,6-7,9H,4-5,8H2,1H3,(H,14,15). The first-order valence-corrected chi connectivity index (χ1v) is 5.22. The van der Waals surface area contributed by atoms with Crippen molar-refractivity contribution in [2.24, 2.45) is 0 Å². The molecule has 1 rings (SSSR count). The van der Waals surface area contributed by atoms with Gasteiger partial charge in [-0.1, -0.05) is 12.1 Å². The van der Waals surface area contributed by atoms with Gasteiger partial charge in [0.2, 0.25) is 0 Å². The number of carbonyl (C=O) groups is 1. The summed E-state index contributed by atoms with van der Waals surface area (Å²) in [6, 6.07) is 6.18. The van der Waals surface area contributed by atoms with Gasteiger partial charge in [0.25, 0.3) is 0 Å². The molecule has 0 aliphatic carbocycles. The number of hydrogen-bond donors (Lipinski definition) is 1. The zero-order valence-electron chi connectivity index (χ0n) is 9.15. The Hall–Kier alpha value is -1.58. The Kier molecular flexibility index (Phi) is 4.76. The normalized spacial score (nSPS) is 12.1. The van der Waals surface area contributed by atoms with Crippen LogP contribution >= 0.6 is 0 Å². The Labute approximate surface area is 93.9 Å². The van der Waals surface area contributed by atoms with Gasteiger partial charge in [0, 0.05) is 6.42 Å². The minimum absolute atomic E-state index is 0.116. The molecule has 1 atom stereocenters. The number of carboxylic acid groups (broad SMARTS) is 1. The average molecular weight is 226 g/mol. The van der Waals surface area contributed by atoms with Crippen LogP contribution in [-0.2, 0) is 4.79 Å². The highest BCUT2D eigenvalue weighted by Gasteiger charge is 2.08. The first kappa shape index (κ1) is 12.5. The lowest BCUT2D eigenvalue weighted by Gasteiger charge is -2.14. The number of rotatable bonds is 6. The van der Waals surface area contributed by atoms with Crippen molar-refractivity contribution in [3.8, 4) is 5.75 Å². The lowest BCUT2D eigenvalue weighted by Crippen LogP contribution is -2.13. The second-order valence-electron chi connectivity index (χ2n) is 3.64. The number of ether oxygens (including phenoxy) is 1. The quantitative estimate of drug-likeness (QED) is 0.811. The van der Waals surface area contributed by atoms with Gasteiger partial charge in [-0.2, -0.15) is 0 Å². The van der Waals surface area contributed by atoms with Crippen LogP contribution in [0.15, 0.2) is 24.3 Å². The van der Waals surface area contributed by atoms with Gasteiger partial charge in [-0.05, 0) is 31.9 Å². The third-order valence-electron chi connectivity index (χ3n) is 2.17. The largest absolute Gasteiger partial charge is 0.488 e. The maximum Gasteiger partial charge on any atom is 0.303 e. The maximum absolute atomic E-state index is 13.2. The summed E-state index contributed by atoms with van der Waals surface area (Å²) in [7, 11) is 0. The molecule has 88 valence electrons. The fourth-order valence-corrected chi connectivity index (χ4v) is 1.36. The van der Waals surface area contributed by atoms with Crippen LogP contribution in [0, 0.1) is 5.82 Å². The van der Waals surface area contributed by atoms with Gasteiger partial charge in [-0.25, -0.2) is 4.39 Å². The van der Waals surface area contributed by atoms with Crippen molar-refractivity contribution in [2.45, 2.75) is 32.3 Å². The van der Waals surface area contributed by atoms with E-state index in [1.807, 2.05) is 0 Å². The Balaban J connectivity index is 2.37. The predicted molar refractivity (Wildman–Crippen MR) is 58.0 cm³/mol. The molecule has 1 aromatic rings. The molecule has 4 heteroatoms. The zero-order chi connectivity index (χ0) is 12.0. The average Bonchev–Trinajstić information content (AvgIpc) is 2.21. The molecule has 0 saturated carbocycles. The van der Waals surface area contributed by atoms with E-state index in [2.05, 4.69) is 0 Å². The summed E-state index contributed by atoms with van der Waals surface area (Å²) in [6.07, 6.45) is 1.06. The van der Waals surface area contributed by atoms with Crippen molar-refractivity contribution in [3.63, 3.8) is 0 Å². The molecule has 0 aromatic heterocycles. The minimum atomic E-state index is -0.821. The summed E-state index contributed by atoms with van der Waals surface area (Å²) in [5.74, 6) is -1.00. The predicted octanol–water partition coefficient (Wildman–Crippen LogP) is 2.85. The number of aliphatic carboxylic acids is 1. The van der Waals surface area contributed by atoms with Crippen molar-refractivity contribution in [1.29, 1.82) is 0 Å². The summed E-state index contributed by atoms with van der Waals surface area (Å²) >= 11 is 0. The van der Waals surface area contributed by atoms with Crippen LogP contribution in [0.2, 0.25) is 0 Å². The molecule has 1 aromatic carbocycles. The van der Waals surface area contributed by atoms with Crippen molar-refractivity contribution in [1.82, 2.24) is 0 Å². The van der Waals surface area contributed by atoms with Crippen LogP contribution in [-0.4, -0.2) is 17.2 Å². The Morgan fingerprint density at radius 1 is 1.50 bits per heavy atom. The van der Waals surface area contributed by atoms with Crippen molar-refractivity contribution in [2.75, 3.05) is 0 Å². The molecule has 0 amide bonds. The van der Waals surface area contributed by atoms with E-state index in [1.54, 1.807) is 25.1 Å². The monoisotopic (exact) mass is 226 g/mol. The van der Waals surface area contributed by atoms with Crippen LogP contribution in [0.4, 0.5) is 4.39 Å². The van der Waals surface area contributed by atoms with E-state index < -0.39 is 11.8 Å². The lowest BCUT2D eigenvalue weighted by molar-refractivity contribution is -0.137. The van der Waals surface area contributed by atoms with Gasteiger partial charge < -0.3 is 9.84 Å². The van der Waals surface area contributed by atoms with E-state index >= 15 is 0 Å². The highest BCUT2D eigenvalue weighted by atomic mass is 19.1. The molecule has 16 heavy (non-hydrogen) atoms. The first-order chi connectivity index (χ1) is 7.59. The van der Waals surface area contributed by atoms with Crippen LogP contribution in [0.25, 0.3) is 0 Å². The van der Waals surface area contributed by atoms with Crippen molar-refractivity contribution < 1.29 is 19.0 Å². The van der Waals surface area contributed by atoms with Gasteiger partial charge in [0.1, 0.15) is 0 Å². The van der Waals surface area contributed by atoms with Gasteiger partial charge in [0.05, 0.1) is 6.10 Å². The Morgan fingerprint density at radius 3 is 2.81 bits per heavy atom. The number of carboxylic acids is 1.